The summed E-state index contributed by atoms with van der Waals surface area (Å²) in [4.78, 5) is 29.2. The average Bonchev–Trinajstić information content (AvgIpc) is 3.27. The van der Waals surface area contributed by atoms with Crippen LogP contribution in [-0.4, -0.2) is 80.6 Å². The van der Waals surface area contributed by atoms with Gasteiger partial charge in [0, 0.05) is 39.0 Å². The molecular formula is C24H35N5O4. The first-order valence-electron chi connectivity index (χ1n) is 11.6. The molecule has 2 bridgehead atoms. The quantitative estimate of drug-likeness (QED) is 0.706. The van der Waals surface area contributed by atoms with Crippen LogP contribution in [0.1, 0.15) is 37.9 Å². The number of fused-ring (bicyclic) bond motifs is 2. The van der Waals surface area contributed by atoms with E-state index in [2.05, 4.69) is 10.3 Å². The highest BCUT2D eigenvalue weighted by Gasteiger charge is 2.28. The monoisotopic (exact) mass is 457 g/mol. The lowest BCUT2D eigenvalue weighted by molar-refractivity contribution is -0.138. The van der Waals surface area contributed by atoms with Crippen molar-refractivity contribution in [3.63, 3.8) is 0 Å². The summed E-state index contributed by atoms with van der Waals surface area (Å²) in [6, 6.07) is 9.35. The predicted molar refractivity (Wildman–Crippen MR) is 123 cm³/mol. The maximum atomic E-state index is 12.9. The van der Waals surface area contributed by atoms with Crippen LogP contribution in [0.4, 0.5) is 0 Å². The molecule has 33 heavy (non-hydrogen) atoms. The molecule has 3 rings (SSSR count). The van der Waals surface area contributed by atoms with Crippen molar-refractivity contribution >= 4 is 11.8 Å². The summed E-state index contributed by atoms with van der Waals surface area (Å²) < 4.78 is 7.94. The normalized spacial score (nSPS) is 21.0. The lowest BCUT2D eigenvalue weighted by atomic mass is 10.0. The van der Waals surface area contributed by atoms with Crippen molar-refractivity contribution < 1.29 is 19.4 Å². The Morgan fingerprint density at radius 1 is 1.33 bits per heavy atom. The second-order valence-corrected chi connectivity index (χ2v) is 8.92. The summed E-state index contributed by atoms with van der Waals surface area (Å²) in [6.45, 7) is 5.45. The van der Waals surface area contributed by atoms with Gasteiger partial charge in [-0.2, -0.15) is 0 Å². The second-order valence-electron chi connectivity index (χ2n) is 8.92. The van der Waals surface area contributed by atoms with Gasteiger partial charge in [-0.05, 0) is 18.9 Å². The van der Waals surface area contributed by atoms with Crippen molar-refractivity contribution in [3.8, 4) is 0 Å². The molecule has 1 N–H and O–H groups in total. The van der Waals surface area contributed by atoms with Gasteiger partial charge in [0.05, 0.1) is 38.0 Å². The van der Waals surface area contributed by atoms with Crippen LogP contribution in [0.25, 0.3) is 0 Å². The molecule has 2 aromatic rings. The number of aliphatic hydroxyl groups is 1. The molecule has 1 aromatic carbocycles. The Bertz CT molecular complexity index is 903. The summed E-state index contributed by atoms with van der Waals surface area (Å²) >= 11 is 0. The molecule has 0 unspecified atom stereocenters. The van der Waals surface area contributed by atoms with Crippen molar-refractivity contribution in [2.75, 3.05) is 26.7 Å². The second kappa shape index (κ2) is 11.9. The molecule has 0 saturated heterocycles. The minimum absolute atomic E-state index is 0.00233. The van der Waals surface area contributed by atoms with Crippen LogP contribution in [0.5, 0.6) is 0 Å². The van der Waals surface area contributed by atoms with Gasteiger partial charge in [-0.25, -0.2) is 0 Å². The Balaban J connectivity index is 1.75. The summed E-state index contributed by atoms with van der Waals surface area (Å²) in [6.07, 6.45) is 2.85. The predicted octanol–water partition coefficient (Wildman–Crippen LogP) is 1.50. The largest absolute Gasteiger partial charge is 0.394 e. The van der Waals surface area contributed by atoms with Crippen LogP contribution in [0.2, 0.25) is 0 Å². The van der Waals surface area contributed by atoms with Gasteiger partial charge in [0.1, 0.15) is 5.69 Å². The fourth-order valence-electron chi connectivity index (χ4n) is 3.97. The number of ether oxygens (including phenoxy) is 1. The molecule has 9 nitrogen and oxygen atoms in total. The minimum atomic E-state index is -0.318. The number of amides is 2. The molecule has 2 amide bonds. The van der Waals surface area contributed by atoms with Gasteiger partial charge >= 0.3 is 0 Å². The first kappa shape index (κ1) is 24.9. The Morgan fingerprint density at radius 2 is 2.09 bits per heavy atom. The Kier molecular flexibility index (Phi) is 8.96. The van der Waals surface area contributed by atoms with Crippen LogP contribution in [-0.2, 0) is 33.9 Å². The van der Waals surface area contributed by atoms with E-state index < -0.39 is 0 Å². The summed E-state index contributed by atoms with van der Waals surface area (Å²) in [5, 5.41) is 18.0. The lowest BCUT2D eigenvalue weighted by Crippen LogP contribution is -2.47. The van der Waals surface area contributed by atoms with Crippen molar-refractivity contribution in [1.29, 1.82) is 0 Å². The zero-order chi connectivity index (χ0) is 23.8. The Morgan fingerprint density at radius 3 is 2.82 bits per heavy atom. The lowest BCUT2D eigenvalue weighted by Gasteiger charge is -2.35. The van der Waals surface area contributed by atoms with Crippen molar-refractivity contribution in [2.24, 2.45) is 5.92 Å². The molecular weight excluding hydrogens is 422 g/mol. The first-order valence-corrected chi connectivity index (χ1v) is 11.6. The number of aromatic nitrogens is 3. The fraction of sp³-hybridized carbons (Fsp3) is 0.583. The van der Waals surface area contributed by atoms with E-state index in [1.54, 1.807) is 21.5 Å². The van der Waals surface area contributed by atoms with E-state index in [9.17, 15) is 14.7 Å². The van der Waals surface area contributed by atoms with Crippen molar-refractivity contribution in [2.45, 2.75) is 58.4 Å². The molecule has 0 spiro atoms. The van der Waals surface area contributed by atoms with Gasteiger partial charge in [-0.15, -0.1) is 5.10 Å². The maximum Gasteiger partial charge on any atom is 0.226 e. The molecule has 0 radical (unpaired) electrons. The molecule has 1 aliphatic rings. The molecule has 0 saturated carbocycles. The van der Waals surface area contributed by atoms with Gasteiger partial charge in [-0.1, -0.05) is 42.5 Å². The van der Waals surface area contributed by atoms with Gasteiger partial charge in [0.15, 0.2) is 0 Å². The van der Waals surface area contributed by atoms with Gasteiger partial charge in [0.25, 0.3) is 0 Å². The SMILES string of the molecule is C[C@@H]1CN([C@H](C)CO)C(=O)CCCn2cc(nn2)CO[C@@H]1CN(C)C(=O)Cc1ccccc1. The smallest absolute Gasteiger partial charge is 0.226 e. The molecule has 0 fully saturated rings. The highest BCUT2D eigenvalue weighted by atomic mass is 16.5. The zero-order valence-corrected chi connectivity index (χ0v) is 19.8. The number of nitrogens with zero attached hydrogens (tertiary/aromatic N) is 5. The van der Waals surface area contributed by atoms with E-state index in [4.69, 9.17) is 4.74 Å². The molecule has 0 aliphatic carbocycles. The minimum Gasteiger partial charge on any atom is -0.394 e. The summed E-state index contributed by atoms with van der Waals surface area (Å²) in [7, 11) is 1.78. The maximum absolute atomic E-state index is 12.9. The van der Waals surface area contributed by atoms with Gasteiger partial charge in [0.2, 0.25) is 11.8 Å². The number of carbonyl (C=O) groups is 2. The standard InChI is InChI=1S/C24H35N5O4/c1-18-13-29(19(2)16-30)23(31)10-7-11-28-14-21(25-26-28)17-33-22(18)15-27(3)24(32)12-20-8-5-4-6-9-20/h4-6,8-9,14,18-19,22,30H,7,10-13,15-17H2,1-3H3/t18-,19-,22-/m1/s1. The number of rotatable bonds is 6. The third-order valence-electron chi connectivity index (χ3n) is 6.12. The highest BCUT2D eigenvalue weighted by Crippen LogP contribution is 2.18. The van der Waals surface area contributed by atoms with Gasteiger partial charge in [-0.3, -0.25) is 14.3 Å². The average molecular weight is 458 g/mol. The van der Waals surface area contributed by atoms with E-state index in [-0.39, 0.29) is 43.1 Å². The number of hydrogen-bond acceptors (Lipinski definition) is 6. The Hall–Kier alpha value is -2.78. The van der Waals surface area contributed by atoms with E-state index in [0.717, 1.165) is 11.3 Å². The number of aryl methyl sites for hydroxylation is 1. The Labute approximate surface area is 195 Å². The molecule has 3 atom stereocenters. The van der Waals surface area contributed by atoms with Crippen LogP contribution < -0.4 is 0 Å². The van der Waals surface area contributed by atoms with E-state index in [0.29, 0.717) is 38.9 Å². The molecule has 9 heteroatoms. The van der Waals surface area contributed by atoms with Crippen molar-refractivity contribution in [1.82, 2.24) is 24.8 Å². The van der Waals surface area contributed by atoms with Crippen LogP contribution in [0.15, 0.2) is 36.5 Å². The first-order chi connectivity index (χ1) is 15.9. The summed E-state index contributed by atoms with van der Waals surface area (Å²) in [5.74, 6) is -0.0662. The van der Waals surface area contributed by atoms with Crippen LogP contribution in [0.3, 0.4) is 0 Å². The fourth-order valence-corrected chi connectivity index (χ4v) is 3.97. The molecule has 2 heterocycles. The highest BCUT2D eigenvalue weighted by molar-refractivity contribution is 5.78. The zero-order valence-electron chi connectivity index (χ0n) is 19.8. The van der Waals surface area contributed by atoms with Crippen molar-refractivity contribution in [3.05, 3.63) is 47.8 Å². The van der Waals surface area contributed by atoms with E-state index in [1.807, 2.05) is 50.4 Å². The number of hydrogen-bond donors (Lipinski definition) is 1. The summed E-state index contributed by atoms with van der Waals surface area (Å²) in [5.41, 5.74) is 1.68. The van der Waals surface area contributed by atoms with E-state index >= 15 is 0 Å². The van der Waals surface area contributed by atoms with Crippen LogP contribution >= 0.6 is 0 Å². The topological polar surface area (TPSA) is 101 Å². The van der Waals surface area contributed by atoms with Crippen LogP contribution in [0, 0.1) is 5.92 Å². The molecule has 180 valence electrons. The molecule has 1 aliphatic heterocycles. The number of likely N-dealkylation sites (N-methyl/N-ethyl adjacent to an activating group) is 1. The number of benzene rings is 1. The van der Waals surface area contributed by atoms with E-state index in [1.165, 1.54) is 0 Å². The number of carbonyl (C=O) groups excluding carboxylic acids is 2. The third kappa shape index (κ3) is 7.10. The third-order valence-corrected chi connectivity index (χ3v) is 6.12. The van der Waals surface area contributed by atoms with Gasteiger partial charge < -0.3 is 19.6 Å². The molecule has 1 aromatic heterocycles. The number of aliphatic hydroxyl groups excluding tert-OH is 1.